The van der Waals surface area contributed by atoms with Crippen molar-refractivity contribution in [2.45, 2.75) is 43.0 Å². The van der Waals surface area contributed by atoms with Crippen molar-refractivity contribution in [3.8, 4) is 11.5 Å². The van der Waals surface area contributed by atoms with Crippen LogP contribution in [0.3, 0.4) is 0 Å². The van der Waals surface area contributed by atoms with Crippen molar-refractivity contribution in [1.29, 1.82) is 0 Å². The molecule has 0 radical (unpaired) electrons. The summed E-state index contributed by atoms with van der Waals surface area (Å²) in [5, 5.41) is 5.63. The van der Waals surface area contributed by atoms with Gasteiger partial charge in [-0.3, -0.25) is 10.1 Å². The molecule has 0 aliphatic heterocycles. The summed E-state index contributed by atoms with van der Waals surface area (Å²) >= 11 is 5.30. The number of amides is 1. The second-order valence-electron chi connectivity index (χ2n) is 8.89. The van der Waals surface area contributed by atoms with Gasteiger partial charge in [-0.05, 0) is 73.6 Å². The topological polar surface area (TPSA) is 106 Å². The highest BCUT2D eigenvalue weighted by Gasteiger charge is 2.22. The third-order valence-corrected chi connectivity index (χ3v) is 7.80. The van der Waals surface area contributed by atoms with Crippen molar-refractivity contribution in [2.24, 2.45) is 0 Å². The summed E-state index contributed by atoms with van der Waals surface area (Å²) in [4.78, 5) is 13.0. The van der Waals surface area contributed by atoms with E-state index in [4.69, 9.17) is 21.7 Å². The summed E-state index contributed by atoms with van der Waals surface area (Å²) in [5.74, 6) is 0.715. The van der Waals surface area contributed by atoms with Gasteiger partial charge in [0.1, 0.15) is 24.7 Å². The van der Waals surface area contributed by atoms with Crippen molar-refractivity contribution < 1.29 is 22.7 Å². The van der Waals surface area contributed by atoms with E-state index in [-0.39, 0.29) is 22.7 Å². The first-order valence-electron chi connectivity index (χ1n) is 12.6. The molecule has 0 heterocycles. The molecule has 0 saturated heterocycles. The van der Waals surface area contributed by atoms with Crippen molar-refractivity contribution in [3.63, 3.8) is 0 Å². The highest BCUT2D eigenvalue weighted by Crippen LogP contribution is 2.21. The van der Waals surface area contributed by atoms with Crippen LogP contribution in [0, 0.1) is 0 Å². The number of carbonyl (C=O) groups excluding carboxylic acids is 1. The fraction of sp³-hybridized carbons (Fsp3) is 0.286. The Balaban J connectivity index is 1.28. The first kappa shape index (κ1) is 27.6. The number of thiocarbonyl (C=S) groups is 1. The molecule has 3 N–H and O–H groups in total. The zero-order valence-electron chi connectivity index (χ0n) is 20.9. The van der Waals surface area contributed by atoms with Gasteiger partial charge in [-0.25, -0.2) is 13.1 Å². The van der Waals surface area contributed by atoms with Gasteiger partial charge in [0.25, 0.3) is 5.91 Å². The second kappa shape index (κ2) is 13.4. The van der Waals surface area contributed by atoms with Gasteiger partial charge in [-0.15, -0.1) is 0 Å². The molecule has 0 aromatic heterocycles. The number of para-hydroxylation sites is 2. The molecule has 38 heavy (non-hydrogen) atoms. The standard InChI is InChI=1S/C28H31N3O5S2/c32-27(25-13-7-8-14-26(25)36-20-19-35-23-11-5-2-6-12-23)30-28(37)29-21-15-17-24(18-16-21)38(33,34)31-22-9-3-1-4-10-22/h2,5-8,11-18,22,31H,1,3-4,9-10,19-20H2,(H2,29,30,32,37). The van der Waals surface area contributed by atoms with Gasteiger partial charge in [0, 0.05) is 11.7 Å². The van der Waals surface area contributed by atoms with Crippen LogP contribution in [0.1, 0.15) is 42.5 Å². The molecule has 0 spiro atoms. The zero-order chi connectivity index (χ0) is 26.8. The predicted octanol–water partition coefficient (Wildman–Crippen LogP) is 4.88. The van der Waals surface area contributed by atoms with Crippen LogP contribution in [-0.4, -0.2) is 38.7 Å². The highest BCUT2D eigenvalue weighted by molar-refractivity contribution is 7.89. The number of anilines is 1. The number of hydrogen-bond acceptors (Lipinski definition) is 6. The molecular formula is C28H31N3O5S2. The van der Waals surface area contributed by atoms with Crippen LogP contribution < -0.4 is 24.8 Å². The summed E-state index contributed by atoms with van der Waals surface area (Å²) in [5.41, 5.74) is 0.876. The van der Waals surface area contributed by atoms with E-state index in [9.17, 15) is 13.2 Å². The van der Waals surface area contributed by atoms with Crippen molar-refractivity contribution in [3.05, 3.63) is 84.4 Å². The van der Waals surface area contributed by atoms with Crippen LogP contribution in [0.4, 0.5) is 5.69 Å². The van der Waals surface area contributed by atoms with Crippen LogP contribution in [0.15, 0.2) is 83.8 Å². The van der Waals surface area contributed by atoms with Gasteiger partial charge in [0.2, 0.25) is 10.0 Å². The van der Waals surface area contributed by atoms with E-state index < -0.39 is 15.9 Å². The third kappa shape index (κ3) is 8.01. The van der Waals surface area contributed by atoms with Gasteiger partial charge in [0.05, 0.1) is 10.5 Å². The SMILES string of the molecule is O=C(NC(=S)Nc1ccc(S(=O)(=O)NC2CCCCC2)cc1)c1ccccc1OCCOc1ccccc1. The molecule has 0 unspecified atom stereocenters. The van der Waals surface area contributed by atoms with E-state index in [2.05, 4.69) is 15.4 Å². The number of hydrogen-bond donors (Lipinski definition) is 3. The molecule has 0 bridgehead atoms. The second-order valence-corrected chi connectivity index (χ2v) is 11.0. The van der Waals surface area contributed by atoms with Crippen LogP contribution in [0.5, 0.6) is 11.5 Å². The molecule has 4 rings (SSSR count). The van der Waals surface area contributed by atoms with Gasteiger partial charge in [-0.1, -0.05) is 49.6 Å². The van der Waals surface area contributed by atoms with E-state index in [0.717, 1.165) is 37.9 Å². The minimum absolute atomic E-state index is 0.0161. The Labute approximate surface area is 228 Å². The molecule has 1 aliphatic rings. The van der Waals surface area contributed by atoms with Crippen LogP contribution in [0.2, 0.25) is 0 Å². The molecule has 1 fully saturated rings. The third-order valence-electron chi connectivity index (χ3n) is 6.06. The number of rotatable bonds is 10. The van der Waals surface area contributed by atoms with E-state index in [1.165, 1.54) is 12.1 Å². The van der Waals surface area contributed by atoms with Crippen molar-refractivity contribution in [2.75, 3.05) is 18.5 Å². The molecule has 0 atom stereocenters. The maximum Gasteiger partial charge on any atom is 0.261 e. The van der Waals surface area contributed by atoms with E-state index >= 15 is 0 Å². The molecule has 3 aromatic rings. The summed E-state index contributed by atoms with van der Waals surface area (Å²) in [6.45, 7) is 0.578. The van der Waals surface area contributed by atoms with Gasteiger partial charge < -0.3 is 14.8 Å². The maximum absolute atomic E-state index is 12.9. The number of benzene rings is 3. The average molecular weight is 554 g/mol. The van der Waals surface area contributed by atoms with E-state index in [1.807, 2.05) is 30.3 Å². The van der Waals surface area contributed by atoms with Crippen molar-refractivity contribution >= 4 is 38.9 Å². The van der Waals surface area contributed by atoms with Gasteiger partial charge >= 0.3 is 0 Å². The normalized spacial score (nSPS) is 13.9. The number of sulfonamides is 1. The number of nitrogens with one attached hydrogen (secondary N) is 3. The Morgan fingerprint density at radius 3 is 2.24 bits per heavy atom. The first-order chi connectivity index (χ1) is 18.4. The first-order valence-corrected chi connectivity index (χ1v) is 14.4. The Kier molecular flexibility index (Phi) is 9.69. The Morgan fingerprint density at radius 2 is 1.50 bits per heavy atom. The maximum atomic E-state index is 12.9. The predicted molar refractivity (Wildman–Crippen MR) is 151 cm³/mol. The van der Waals surface area contributed by atoms with E-state index in [1.54, 1.807) is 36.4 Å². The molecule has 3 aromatic carbocycles. The summed E-state index contributed by atoms with van der Waals surface area (Å²) < 4.78 is 39.6. The molecule has 8 nitrogen and oxygen atoms in total. The average Bonchev–Trinajstić information content (AvgIpc) is 2.92. The van der Waals surface area contributed by atoms with Gasteiger partial charge in [0.15, 0.2) is 5.11 Å². The summed E-state index contributed by atoms with van der Waals surface area (Å²) in [6, 6.07) is 22.5. The Morgan fingerprint density at radius 1 is 0.842 bits per heavy atom. The molecule has 1 aliphatic carbocycles. The fourth-order valence-corrected chi connectivity index (χ4v) is 5.68. The fourth-order valence-electron chi connectivity index (χ4n) is 4.17. The lowest BCUT2D eigenvalue weighted by molar-refractivity contribution is 0.0972. The summed E-state index contributed by atoms with van der Waals surface area (Å²) in [7, 11) is -3.59. The molecular weight excluding hydrogens is 522 g/mol. The number of ether oxygens (including phenoxy) is 2. The molecule has 200 valence electrons. The lowest BCUT2D eigenvalue weighted by Crippen LogP contribution is -2.36. The Hall–Kier alpha value is -3.47. The molecule has 1 saturated carbocycles. The van der Waals surface area contributed by atoms with Crippen LogP contribution in [-0.2, 0) is 10.0 Å². The van der Waals surface area contributed by atoms with Crippen LogP contribution in [0.25, 0.3) is 0 Å². The Bertz CT molecular complexity index is 1330. The lowest BCUT2D eigenvalue weighted by atomic mass is 9.96. The zero-order valence-corrected chi connectivity index (χ0v) is 22.5. The van der Waals surface area contributed by atoms with Crippen molar-refractivity contribution in [1.82, 2.24) is 10.0 Å². The number of carbonyl (C=O) groups is 1. The minimum Gasteiger partial charge on any atom is -0.490 e. The molecule has 1 amide bonds. The monoisotopic (exact) mass is 553 g/mol. The summed E-state index contributed by atoms with van der Waals surface area (Å²) in [6.07, 6.45) is 4.96. The lowest BCUT2D eigenvalue weighted by Gasteiger charge is -2.22. The smallest absolute Gasteiger partial charge is 0.261 e. The minimum atomic E-state index is -3.59. The van der Waals surface area contributed by atoms with Crippen LogP contribution >= 0.6 is 12.2 Å². The molecule has 10 heteroatoms. The quantitative estimate of drug-likeness (QED) is 0.243. The largest absolute Gasteiger partial charge is 0.490 e. The highest BCUT2D eigenvalue weighted by atomic mass is 32.2. The van der Waals surface area contributed by atoms with E-state index in [0.29, 0.717) is 23.6 Å². The van der Waals surface area contributed by atoms with Gasteiger partial charge in [-0.2, -0.15) is 0 Å².